The monoisotopic (exact) mass is 230 g/mol. The lowest BCUT2D eigenvalue weighted by molar-refractivity contribution is -0.148. The molecular formula is C10H9F3N2O. The molecule has 0 fully saturated rings. The van der Waals surface area contributed by atoms with Gasteiger partial charge in [0.25, 0.3) is 0 Å². The highest BCUT2D eigenvalue weighted by Gasteiger charge is 2.37. The van der Waals surface area contributed by atoms with E-state index in [1.165, 1.54) is 6.07 Å². The van der Waals surface area contributed by atoms with Gasteiger partial charge in [0.15, 0.2) is 0 Å². The van der Waals surface area contributed by atoms with E-state index in [9.17, 15) is 13.2 Å². The molecule has 1 aromatic heterocycles. The van der Waals surface area contributed by atoms with Gasteiger partial charge in [0.05, 0.1) is 11.0 Å². The van der Waals surface area contributed by atoms with Gasteiger partial charge in [-0.3, -0.25) is 4.57 Å². The highest BCUT2D eigenvalue weighted by molar-refractivity contribution is 5.77. The van der Waals surface area contributed by atoms with Gasteiger partial charge in [-0.25, -0.2) is 4.98 Å². The van der Waals surface area contributed by atoms with Crippen LogP contribution in [-0.2, 0) is 12.9 Å². The Bertz CT molecular complexity index is 531. The Balaban J connectivity index is 2.76. The van der Waals surface area contributed by atoms with Crippen molar-refractivity contribution in [2.45, 2.75) is 19.8 Å². The minimum Gasteiger partial charge on any atom is -0.376 e. The highest BCUT2D eigenvalue weighted by atomic mass is 19.4. The molecule has 1 heterocycles. The number of aromatic nitrogens is 2. The molecule has 0 aliphatic rings. The largest absolute Gasteiger partial charge is 0.449 e. The van der Waals surface area contributed by atoms with Crippen molar-refractivity contribution in [3.8, 4) is 0 Å². The molecule has 0 spiro atoms. The summed E-state index contributed by atoms with van der Waals surface area (Å²) in [5.41, 5.74) is 1.34. The van der Waals surface area contributed by atoms with Crippen molar-refractivity contribution in [3.05, 3.63) is 29.6 Å². The number of halogens is 3. The fourth-order valence-electron chi connectivity index (χ4n) is 1.60. The minimum atomic E-state index is -4.56. The Morgan fingerprint density at radius 3 is 2.62 bits per heavy atom. The molecule has 0 atom stereocenters. The van der Waals surface area contributed by atoms with Crippen molar-refractivity contribution < 1.29 is 18.3 Å². The van der Waals surface area contributed by atoms with E-state index < -0.39 is 18.7 Å². The summed E-state index contributed by atoms with van der Waals surface area (Å²) in [6, 6.07) is 4.75. The summed E-state index contributed by atoms with van der Waals surface area (Å²) in [4.78, 5) is 3.49. The first-order valence-electron chi connectivity index (χ1n) is 4.58. The molecule has 86 valence electrons. The van der Waals surface area contributed by atoms with Crippen LogP contribution in [0, 0.1) is 6.92 Å². The summed E-state index contributed by atoms with van der Waals surface area (Å²) >= 11 is 0. The quantitative estimate of drug-likeness (QED) is 0.816. The van der Waals surface area contributed by atoms with E-state index in [0.717, 1.165) is 10.1 Å². The number of rotatable bonds is 1. The smallest absolute Gasteiger partial charge is 0.376 e. The molecule has 0 amide bonds. The Morgan fingerprint density at radius 1 is 1.38 bits per heavy atom. The SMILES string of the molecule is Cc1ccc2c(c1)nc(C(F)(F)F)n2CO. The van der Waals surface area contributed by atoms with Crippen LogP contribution in [0.15, 0.2) is 18.2 Å². The maximum absolute atomic E-state index is 12.6. The zero-order chi connectivity index (χ0) is 11.9. The molecule has 2 aromatic rings. The summed E-state index contributed by atoms with van der Waals surface area (Å²) in [6.45, 7) is 1.03. The van der Waals surface area contributed by atoms with Crippen molar-refractivity contribution in [1.29, 1.82) is 0 Å². The summed E-state index contributed by atoms with van der Waals surface area (Å²) in [6.07, 6.45) is -4.56. The number of benzene rings is 1. The van der Waals surface area contributed by atoms with E-state index in [1.54, 1.807) is 19.1 Å². The fourth-order valence-corrected chi connectivity index (χ4v) is 1.60. The number of nitrogens with zero attached hydrogens (tertiary/aromatic N) is 2. The molecule has 3 nitrogen and oxygen atoms in total. The first-order valence-corrected chi connectivity index (χ1v) is 4.58. The topological polar surface area (TPSA) is 38.0 Å². The van der Waals surface area contributed by atoms with Crippen LogP contribution < -0.4 is 0 Å². The van der Waals surface area contributed by atoms with Gasteiger partial charge in [0, 0.05) is 0 Å². The van der Waals surface area contributed by atoms with E-state index in [2.05, 4.69) is 4.98 Å². The highest BCUT2D eigenvalue weighted by Crippen LogP contribution is 2.31. The number of alkyl halides is 3. The zero-order valence-electron chi connectivity index (χ0n) is 8.41. The van der Waals surface area contributed by atoms with Crippen molar-refractivity contribution >= 4 is 11.0 Å². The van der Waals surface area contributed by atoms with Crippen molar-refractivity contribution in [2.75, 3.05) is 0 Å². The van der Waals surface area contributed by atoms with Crippen LogP contribution in [-0.4, -0.2) is 14.7 Å². The van der Waals surface area contributed by atoms with E-state index in [-0.39, 0.29) is 11.0 Å². The van der Waals surface area contributed by atoms with Crippen LogP contribution in [0.25, 0.3) is 11.0 Å². The van der Waals surface area contributed by atoms with Crippen LogP contribution in [0.5, 0.6) is 0 Å². The predicted molar refractivity (Wildman–Crippen MR) is 51.7 cm³/mol. The first kappa shape index (κ1) is 10.9. The van der Waals surface area contributed by atoms with E-state index in [1.807, 2.05) is 0 Å². The van der Waals surface area contributed by atoms with Gasteiger partial charge in [-0.15, -0.1) is 0 Å². The predicted octanol–water partition coefficient (Wildman–Crippen LogP) is 2.31. The molecule has 16 heavy (non-hydrogen) atoms. The lowest BCUT2D eigenvalue weighted by Crippen LogP contribution is -2.14. The Labute approximate surface area is 89.1 Å². The van der Waals surface area contributed by atoms with Crippen LogP contribution in [0.1, 0.15) is 11.4 Å². The minimum absolute atomic E-state index is 0.237. The third kappa shape index (κ3) is 1.65. The normalized spacial score (nSPS) is 12.3. The van der Waals surface area contributed by atoms with Crippen LogP contribution in [0.2, 0.25) is 0 Å². The Morgan fingerprint density at radius 2 is 2.06 bits per heavy atom. The summed E-state index contributed by atoms with van der Waals surface area (Å²) < 4.78 is 38.5. The first-order chi connectivity index (χ1) is 7.43. The second-order valence-corrected chi connectivity index (χ2v) is 3.49. The van der Waals surface area contributed by atoms with Crippen LogP contribution in [0.4, 0.5) is 13.2 Å². The van der Waals surface area contributed by atoms with Gasteiger partial charge in [0.2, 0.25) is 5.82 Å². The van der Waals surface area contributed by atoms with Crippen LogP contribution in [0.3, 0.4) is 0 Å². The summed E-state index contributed by atoms with van der Waals surface area (Å²) in [5.74, 6) is -1.07. The molecule has 1 N–H and O–H groups in total. The molecule has 0 saturated carbocycles. The molecule has 0 bridgehead atoms. The van der Waals surface area contributed by atoms with Gasteiger partial charge < -0.3 is 5.11 Å². The van der Waals surface area contributed by atoms with Gasteiger partial charge in [-0.05, 0) is 24.6 Å². The summed E-state index contributed by atoms with van der Waals surface area (Å²) in [5, 5.41) is 8.96. The van der Waals surface area contributed by atoms with E-state index >= 15 is 0 Å². The third-order valence-corrected chi connectivity index (χ3v) is 2.30. The zero-order valence-corrected chi connectivity index (χ0v) is 8.41. The molecule has 6 heteroatoms. The number of hydrogen-bond acceptors (Lipinski definition) is 2. The molecule has 2 rings (SSSR count). The Hall–Kier alpha value is -1.56. The number of aliphatic hydroxyl groups excluding tert-OH is 1. The molecule has 0 unspecified atom stereocenters. The van der Waals surface area contributed by atoms with E-state index in [4.69, 9.17) is 5.11 Å². The number of fused-ring (bicyclic) bond motifs is 1. The molecular weight excluding hydrogens is 221 g/mol. The average molecular weight is 230 g/mol. The van der Waals surface area contributed by atoms with Gasteiger partial charge >= 0.3 is 6.18 Å². The standard InChI is InChI=1S/C10H9F3N2O/c1-6-2-3-8-7(4-6)14-9(10(11,12)13)15(8)5-16/h2-4,16H,5H2,1H3. The number of imidazole rings is 1. The van der Waals surface area contributed by atoms with Crippen molar-refractivity contribution in [2.24, 2.45) is 0 Å². The summed E-state index contributed by atoms with van der Waals surface area (Å²) in [7, 11) is 0. The van der Waals surface area contributed by atoms with Crippen LogP contribution >= 0.6 is 0 Å². The van der Waals surface area contributed by atoms with Gasteiger partial charge in [-0.2, -0.15) is 13.2 Å². The molecule has 0 aliphatic carbocycles. The van der Waals surface area contributed by atoms with Gasteiger partial charge in [0.1, 0.15) is 6.73 Å². The maximum Gasteiger partial charge on any atom is 0.449 e. The third-order valence-electron chi connectivity index (χ3n) is 2.30. The molecule has 1 aromatic carbocycles. The Kier molecular flexibility index (Phi) is 2.38. The lowest BCUT2D eigenvalue weighted by Gasteiger charge is -2.07. The number of aliphatic hydroxyl groups is 1. The molecule has 0 saturated heterocycles. The van der Waals surface area contributed by atoms with Gasteiger partial charge in [-0.1, -0.05) is 6.07 Å². The molecule has 0 aliphatic heterocycles. The second kappa shape index (κ2) is 3.48. The fraction of sp³-hybridized carbons (Fsp3) is 0.300. The number of aryl methyl sites for hydroxylation is 1. The lowest BCUT2D eigenvalue weighted by atomic mass is 10.2. The maximum atomic E-state index is 12.6. The molecule has 0 radical (unpaired) electrons. The van der Waals surface area contributed by atoms with Crippen molar-refractivity contribution in [1.82, 2.24) is 9.55 Å². The average Bonchev–Trinajstić information content (AvgIpc) is 2.54. The van der Waals surface area contributed by atoms with E-state index in [0.29, 0.717) is 0 Å². The number of hydrogen-bond donors (Lipinski definition) is 1. The second-order valence-electron chi connectivity index (χ2n) is 3.49. The van der Waals surface area contributed by atoms with Crippen molar-refractivity contribution in [3.63, 3.8) is 0 Å².